The number of imidazole rings is 1. The number of benzene rings is 2. The van der Waals surface area contributed by atoms with Crippen molar-refractivity contribution in [3.8, 4) is 11.3 Å². The van der Waals surface area contributed by atoms with Gasteiger partial charge in [-0.15, -0.1) is 0 Å². The Labute approximate surface area is 163 Å². The van der Waals surface area contributed by atoms with Crippen molar-refractivity contribution in [1.29, 1.82) is 0 Å². The van der Waals surface area contributed by atoms with Crippen LogP contribution in [0.5, 0.6) is 0 Å². The maximum atomic E-state index is 13.1. The Hall–Kier alpha value is -2.99. The van der Waals surface area contributed by atoms with E-state index >= 15 is 0 Å². The number of nitrogens with zero attached hydrogens (tertiary/aromatic N) is 4. The molecule has 2 heterocycles. The van der Waals surface area contributed by atoms with Crippen LogP contribution in [0.15, 0.2) is 54.6 Å². The number of para-hydroxylation sites is 2. The molecule has 0 aliphatic carbocycles. The molecule has 0 bridgehead atoms. The Morgan fingerprint density at radius 1 is 1.11 bits per heavy atom. The van der Waals surface area contributed by atoms with E-state index in [9.17, 15) is 4.39 Å². The van der Waals surface area contributed by atoms with Crippen molar-refractivity contribution in [2.45, 2.75) is 19.4 Å². The van der Waals surface area contributed by atoms with Gasteiger partial charge in [-0.05, 0) is 68.9 Å². The zero-order valence-corrected chi connectivity index (χ0v) is 16.2. The normalized spacial score (nSPS) is 11.6. The lowest BCUT2D eigenvalue weighted by molar-refractivity contribution is 0.311. The third kappa shape index (κ3) is 3.97. The van der Waals surface area contributed by atoms with Crippen molar-refractivity contribution >= 4 is 11.0 Å². The summed E-state index contributed by atoms with van der Waals surface area (Å²) in [7, 11) is 4.19. The van der Waals surface area contributed by atoms with Gasteiger partial charge in [0.2, 0.25) is 0 Å². The van der Waals surface area contributed by atoms with Gasteiger partial charge in [-0.2, -0.15) is 5.10 Å². The van der Waals surface area contributed by atoms with Crippen molar-refractivity contribution in [2.75, 3.05) is 13.6 Å². The van der Waals surface area contributed by atoms with Gasteiger partial charge in [0, 0.05) is 18.3 Å². The average Bonchev–Trinajstić information content (AvgIpc) is 3.28. The molecule has 0 saturated carbocycles. The van der Waals surface area contributed by atoms with Crippen LogP contribution in [-0.4, -0.2) is 38.2 Å². The van der Waals surface area contributed by atoms with Crippen LogP contribution in [0.3, 0.4) is 0 Å². The molecule has 0 amide bonds. The Kier molecular flexibility index (Phi) is 5.21. The van der Waals surface area contributed by atoms with Crippen LogP contribution in [0.4, 0.5) is 4.39 Å². The summed E-state index contributed by atoms with van der Waals surface area (Å²) in [5, 5.41) is 7.43. The molecule has 4 aromatic rings. The minimum Gasteiger partial charge on any atom is -0.330 e. The molecule has 28 heavy (non-hydrogen) atoms. The highest BCUT2D eigenvalue weighted by molar-refractivity contribution is 5.75. The Morgan fingerprint density at radius 2 is 1.89 bits per heavy atom. The summed E-state index contributed by atoms with van der Waals surface area (Å²) in [6.07, 6.45) is 1.94. The van der Waals surface area contributed by atoms with E-state index in [2.05, 4.69) is 45.9 Å². The molecule has 0 atom stereocenters. The van der Waals surface area contributed by atoms with Gasteiger partial charge < -0.3 is 4.57 Å². The fourth-order valence-corrected chi connectivity index (χ4v) is 3.45. The minimum atomic E-state index is -0.233. The SMILES string of the molecule is CN(CCCc1cc(-c2ccc(F)cc2)n[nH]1)Cc1nc2ccccc2n1C. The van der Waals surface area contributed by atoms with E-state index in [0.29, 0.717) is 0 Å². The van der Waals surface area contributed by atoms with Gasteiger partial charge in [0.15, 0.2) is 0 Å². The standard InChI is InChI=1S/C22H24FN5/c1-27(15-22-24-19-7-3-4-8-21(19)28(22)2)13-5-6-18-14-20(26-25-18)16-9-11-17(23)12-10-16/h3-4,7-12,14H,5-6,13,15H2,1-2H3,(H,25,26). The van der Waals surface area contributed by atoms with Gasteiger partial charge in [-0.1, -0.05) is 12.1 Å². The van der Waals surface area contributed by atoms with Gasteiger partial charge in [0.1, 0.15) is 11.6 Å². The highest BCUT2D eigenvalue weighted by Crippen LogP contribution is 2.19. The van der Waals surface area contributed by atoms with Crippen LogP contribution < -0.4 is 0 Å². The van der Waals surface area contributed by atoms with Gasteiger partial charge in [0.25, 0.3) is 0 Å². The molecular formula is C22H24FN5. The molecule has 2 aromatic carbocycles. The smallest absolute Gasteiger partial charge is 0.123 e. The summed E-state index contributed by atoms with van der Waals surface area (Å²) < 4.78 is 15.2. The Morgan fingerprint density at radius 3 is 2.68 bits per heavy atom. The van der Waals surface area contributed by atoms with E-state index in [0.717, 1.165) is 59.7 Å². The second kappa shape index (κ2) is 7.94. The fourth-order valence-electron chi connectivity index (χ4n) is 3.45. The maximum absolute atomic E-state index is 13.1. The van der Waals surface area contributed by atoms with Crippen molar-refractivity contribution in [1.82, 2.24) is 24.6 Å². The number of hydrogen-bond acceptors (Lipinski definition) is 3. The fraction of sp³-hybridized carbons (Fsp3) is 0.273. The van der Waals surface area contributed by atoms with Gasteiger partial charge in [-0.3, -0.25) is 10.00 Å². The van der Waals surface area contributed by atoms with Gasteiger partial charge in [0.05, 0.1) is 23.3 Å². The Balaban J connectivity index is 1.31. The first kappa shape index (κ1) is 18.4. The first-order chi connectivity index (χ1) is 13.6. The predicted octanol–water partition coefficient (Wildman–Crippen LogP) is 4.17. The molecule has 1 N–H and O–H groups in total. The second-order valence-electron chi connectivity index (χ2n) is 7.20. The summed E-state index contributed by atoms with van der Waals surface area (Å²) >= 11 is 0. The number of fused-ring (bicyclic) bond motifs is 1. The van der Waals surface area contributed by atoms with E-state index in [1.165, 1.54) is 12.1 Å². The van der Waals surface area contributed by atoms with Gasteiger partial charge >= 0.3 is 0 Å². The largest absolute Gasteiger partial charge is 0.330 e. The highest BCUT2D eigenvalue weighted by Gasteiger charge is 2.10. The van der Waals surface area contributed by atoms with E-state index in [4.69, 9.17) is 4.98 Å². The van der Waals surface area contributed by atoms with E-state index in [1.54, 1.807) is 12.1 Å². The van der Waals surface area contributed by atoms with Crippen molar-refractivity contribution in [3.05, 3.63) is 71.9 Å². The molecule has 5 nitrogen and oxygen atoms in total. The topological polar surface area (TPSA) is 49.7 Å². The van der Waals surface area contributed by atoms with Crippen LogP contribution in [0.1, 0.15) is 17.9 Å². The zero-order valence-electron chi connectivity index (χ0n) is 16.2. The third-order valence-electron chi connectivity index (χ3n) is 5.05. The highest BCUT2D eigenvalue weighted by atomic mass is 19.1. The first-order valence-corrected chi connectivity index (χ1v) is 9.49. The molecule has 0 fully saturated rings. The summed E-state index contributed by atoms with van der Waals surface area (Å²) in [5.41, 5.74) is 5.07. The van der Waals surface area contributed by atoms with Crippen LogP contribution in [0.25, 0.3) is 22.3 Å². The van der Waals surface area contributed by atoms with E-state index in [1.807, 2.05) is 18.2 Å². The third-order valence-corrected chi connectivity index (χ3v) is 5.05. The van der Waals surface area contributed by atoms with E-state index < -0.39 is 0 Å². The average molecular weight is 377 g/mol. The Bertz CT molecular complexity index is 1060. The molecule has 0 radical (unpaired) electrons. The molecule has 6 heteroatoms. The number of nitrogens with one attached hydrogen (secondary N) is 1. The summed E-state index contributed by atoms with van der Waals surface area (Å²) in [6.45, 7) is 1.78. The van der Waals surface area contributed by atoms with Gasteiger partial charge in [-0.25, -0.2) is 9.37 Å². The molecular weight excluding hydrogens is 353 g/mol. The lowest BCUT2D eigenvalue weighted by Gasteiger charge is -2.15. The molecule has 0 aliphatic rings. The van der Waals surface area contributed by atoms with Crippen molar-refractivity contribution in [2.24, 2.45) is 7.05 Å². The first-order valence-electron chi connectivity index (χ1n) is 9.49. The number of rotatable bonds is 7. The molecule has 0 unspecified atom stereocenters. The number of H-pyrrole nitrogens is 1. The van der Waals surface area contributed by atoms with Crippen LogP contribution >= 0.6 is 0 Å². The molecule has 4 rings (SSSR count). The minimum absolute atomic E-state index is 0.233. The molecule has 2 aromatic heterocycles. The van der Waals surface area contributed by atoms with Crippen LogP contribution in [0, 0.1) is 5.82 Å². The molecule has 0 saturated heterocycles. The van der Waals surface area contributed by atoms with Crippen LogP contribution in [0.2, 0.25) is 0 Å². The number of hydrogen-bond donors (Lipinski definition) is 1. The number of aromatic nitrogens is 4. The predicted molar refractivity (Wildman–Crippen MR) is 109 cm³/mol. The summed E-state index contributed by atoms with van der Waals surface area (Å²) in [5.74, 6) is 0.840. The molecule has 0 spiro atoms. The quantitative estimate of drug-likeness (QED) is 0.526. The summed E-state index contributed by atoms with van der Waals surface area (Å²) in [4.78, 5) is 7.03. The molecule has 0 aliphatic heterocycles. The number of aryl methyl sites for hydroxylation is 2. The lowest BCUT2D eigenvalue weighted by atomic mass is 10.1. The maximum Gasteiger partial charge on any atom is 0.123 e. The zero-order chi connectivity index (χ0) is 19.5. The van der Waals surface area contributed by atoms with Crippen molar-refractivity contribution < 1.29 is 4.39 Å². The monoisotopic (exact) mass is 377 g/mol. The molecule has 144 valence electrons. The lowest BCUT2D eigenvalue weighted by Crippen LogP contribution is -2.21. The van der Waals surface area contributed by atoms with E-state index in [-0.39, 0.29) is 5.82 Å². The summed E-state index contributed by atoms with van der Waals surface area (Å²) in [6, 6.07) is 16.7. The van der Waals surface area contributed by atoms with Crippen LogP contribution in [-0.2, 0) is 20.0 Å². The number of aromatic amines is 1. The van der Waals surface area contributed by atoms with Crippen molar-refractivity contribution in [3.63, 3.8) is 0 Å². The number of halogens is 1. The second-order valence-corrected chi connectivity index (χ2v) is 7.20.